The van der Waals surface area contributed by atoms with Crippen molar-refractivity contribution >= 4 is 28.4 Å². The van der Waals surface area contributed by atoms with E-state index in [0.29, 0.717) is 33.7 Å². The van der Waals surface area contributed by atoms with Crippen LogP contribution in [-0.2, 0) is 11.3 Å². The predicted molar refractivity (Wildman–Crippen MR) is 112 cm³/mol. The Bertz CT molecular complexity index is 1300. The summed E-state index contributed by atoms with van der Waals surface area (Å²) in [5.74, 6) is -1.10. The van der Waals surface area contributed by atoms with Crippen molar-refractivity contribution in [2.75, 3.05) is 12.4 Å². The van der Waals surface area contributed by atoms with Crippen LogP contribution in [0.2, 0.25) is 0 Å². The van der Waals surface area contributed by atoms with Gasteiger partial charge in [0.15, 0.2) is 5.82 Å². The lowest BCUT2D eigenvalue weighted by Crippen LogP contribution is -2.24. The van der Waals surface area contributed by atoms with E-state index in [2.05, 4.69) is 30.7 Å². The predicted octanol–water partition coefficient (Wildman–Crippen LogP) is 3.27. The van der Waals surface area contributed by atoms with E-state index in [-0.39, 0.29) is 18.1 Å². The molecule has 4 aromatic heterocycles. The first kappa shape index (κ1) is 20.3. The molecule has 0 aliphatic rings. The number of fused-ring (bicyclic) bond motifs is 1. The maximum absolute atomic E-state index is 14.7. The summed E-state index contributed by atoms with van der Waals surface area (Å²) in [4.78, 5) is 24.1. The summed E-state index contributed by atoms with van der Waals surface area (Å²) in [6, 6.07) is 3.28. The molecule has 0 bridgehead atoms. The highest BCUT2D eigenvalue weighted by atomic mass is 19.1. The molecule has 31 heavy (non-hydrogen) atoms. The van der Waals surface area contributed by atoms with Crippen molar-refractivity contribution in [1.82, 2.24) is 30.0 Å². The molecule has 4 aromatic rings. The number of carbonyl (C=O) groups excluding carboxylic acids is 1. The number of hydrogen-bond donors (Lipinski definition) is 2. The Morgan fingerprint density at radius 3 is 2.55 bits per heavy atom. The number of nitrogens with one attached hydrogen (secondary N) is 2. The smallest absolute Gasteiger partial charge is 0.241 e. The Balaban J connectivity index is 1.80. The molecule has 158 valence electrons. The fourth-order valence-corrected chi connectivity index (χ4v) is 3.24. The van der Waals surface area contributed by atoms with Crippen LogP contribution in [0.15, 0.2) is 36.9 Å². The van der Waals surface area contributed by atoms with Crippen molar-refractivity contribution in [1.29, 1.82) is 0 Å². The molecule has 0 spiro atoms. The Kier molecular flexibility index (Phi) is 5.28. The zero-order chi connectivity index (χ0) is 22.1. The summed E-state index contributed by atoms with van der Waals surface area (Å²) in [6.45, 7) is 3.48. The number of anilines is 2. The largest absolute Gasteiger partial charge is 0.358 e. The molecular formula is C21H19F2N7O. The first-order valence-electron chi connectivity index (χ1n) is 9.44. The average molecular weight is 423 g/mol. The minimum atomic E-state index is -0.638. The van der Waals surface area contributed by atoms with Gasteiger partial charge in [0.25, 0.3) is 0 Å². The van der Waals surface area contributed by atoms with Gasteiger partial charge in [-0.3, -0.25) is 14.5 Å². The Hall–Kier alpha value is -3.95. The summed E-state index contributed by atoms with van der Waals surface area (Å²) in [6.07, 6.45) is 5.26. The zero-order valence-electron chi connectivity index (χ0n) is 17.1. The van der Waals surface area contributed by atoms with Gasteiger partial charge in [-0.15, -0.1) is 0 Å². The fourth-order valence-electron chi connectivity index (χ4n) is 3.24. The molecule has 8 nitrogen and oxygen atoms in total. The van der Waals surface area contributed by atoms with Gasteiger partial charge in [0.05, 0.1) is 18.6 Å². The Morgan fingerprint density at radius 1 is 1.00 bits per heavy atom. The number of aryl methyl sites for hydroxylation is 2. The maximum Gasteiger partial charge on any atom is 0.241 e. The van der Waals surface area contributed by atoms with Crippen molar-refractivity contribution < 1.29 is 13.6 Å². The lowest BCUT2D eigenvalue weighted by Gasteiger charge is -2.13. The molecule has 0 saturated heterocycles. The lowest BCUT2D eigenvalue weighted by atomic mass is 10.0. The van der Waals surface area contributed by atoms with Crippen LogP contribution in [0, 0.1) is 25.5 Å². The van der Waals surface area contributed by atoms with Gasteiger partial charge in [-0.2, -0.15) is 5.10 Å². The standard InChI is InChI=1S/C21H19F2N7O/c1-11-6-27-18(5-13(11)14-4-12(2)25-7-15(14)22)29-20-16(23)8-26-17-9-28-30(21(17)20)10-19(31)24-3/h4-9H,10H2,1-3H3,(H,24,31)(H,26,27,29). The van der Waals surface area contributed by atoms with Crippen LogP contribution in [-0.4, -0.2) is 37.7 Å². The molecule has 0 aromatic carbocycles. The first-order chi connectivity index (χ1) is 14.9. The fraction of sp³-hybridized carbons (Fsp3) is 0.190. The van der Waals surface area contributed by atoms with E-state index < -0.39 is 11.6 Å². The van der Waals surface area contributed by atoms with E-state index in [0.717, 1.165) is 11.8 Å². The summed E-state index contributed by atoms with van der Waals surface area (Å²) in [5, 5.41) is 9.59. The molecule has 0 unspecified atom stereocenters. The lowest BCUT2D eigenvalue weighted by molar-refractivity contribution is -0.121. The van der Waals surface area contributed by atoms with Gasteiger partial charge in [0, 0.05) is 24.5 Å². The van der Waals surface area contributed by atoms with Gasteiger partial charge in [-0.1, -0.05) is 0 Å². The van der Waals surface area contributed by atoms with Crippen molar-refractivity contribution in [2.24, 2.45) is 0 Å². The normalized spacial score (nSPS) is 11.0. The second kappa shape index (κ2) is 8.05. The van der Waals surface area contributed by atoms with Crippen LogP contribution in [0.1, 0.15) is 11.3 Å². The minimum absolute atomic E-state index is 0.0695. The van der Waals surface area contributed by atoms with Crippen molar-refractivity contribution in [3.63, 3.8) is 0 Å². The van der Waals surface area contributed by atoms with E-state index in [1.54, 1.807) is 25.3 Å². The Labute approximate surface area is 176 Å². The molecule has 4 rings (SSSR count). The number of pyridine rings is 3. The van der Waals surface area contributed by atoms with Crippen LogP contribution >= 0.6 is 0 Å². The quantitative estimate of drug-likeness (QED) is 0.511. The van der Waals surface area contributed by atoms with Crippen LogP contribution in [0.3, 0.4) is 0 Å². The zero-order valence-corrected chi connectivity index (χ0v) is 17.1. The van der Waals surface area contributed by atoms with Gasteiger partial charge in [-0.25, -0.2) is 18.7 Å². The number of nitrogens with zero attached hydrogens (tertiary/aromatic N) is 5. The third-order valence-electron chi connectivity index (χ3n) is 4.82. The van der Waals surface area contributed by atoms with Gasteiger partial charge < -0.3 is 10.6 Å². The molecule has 0 fully saturated rings. The van der Waals surface area contributed by atoms with E-state index in [4.69, 9.17) is 0 Å². The average Bonchev–Trinajstić information content (AvgIpc) is 3.16. The summed E-state index contributed by atoms with van der Waals surface area (Å²) < 4.78 is 30.5. The van der Waals surface area contributed by atoms with Gasteiger partial charge in [-0.05, 0) is 37.1 Å². The number of carbonyl (C=O) groups is 1. The monoisotopic (exact) mass is 423 g/mol. The molecule has 0 radical (unpaired) electrons. The van der Waals surface area contributed by atoms with E-state index in [1.807, 2.05) is 6.92 Å². The molecular weight excluding hydrogens is 404 g/mol. The summed E-state index contributed by atoms with van der Waals surface area (Å²) in [7, 11) is 1.50. The first-order valence-corrected chi connectivity index (χ1v) is 9.44. The highest BCUT2D eigenvalue weighted by Crippen LogP contribution is 2.31. The molecule has 0 aliphatic carbocycles. The molecule has 0 aliphatic heterocycles. The molecule has 10 heteroatoms. The topological polar surface area (TPSA) is 97.6 Å². The second-order valence-corrected chi connectivity index (χ2v) is 7.01. The van der Waals surface area contributed by atoms with Crippen LogP contribution in [0.5, 0.6) is 0 Å². The van der Waals surface area contributed by atoms with Crippen molar-refractivity contribution in [3.8, 4) is 11.1 Å². The second-order valence-electron chi connectivity index (χ2n) is 7.01. The van der Waals surface area contributed by atoms with E-state index in [9.17, 15) is 13.6 Å². The number of amides is 1. The third kappa shape index (κ3) is 3.91. The molecule has 4 heterocycles. The molecule has 1 amide bonds. The molecule has 0 saturated carbocycles. The number of halogens is 2. The number of aromatic nitrogens is 5. The van der Waals surface area contributed by atoms with Crippen LogP contribution in [0.4, 0.5) is 20.3 Å². The number of likely N-dealkylation sites (N-methyl/N-ethyl adjacent to an activating group) is 1. The molecule has 0 atom stereocenters. The SMILES string of the molecule is CNC(=O)Cn1ncc2ncc(F)c(Nc3cc(-c4cc(C)ncc4F)c(C)cn3)c21. The third-order valence-corrected chi connectivity index (χ3v) is 4.82. The van der Waals surface area contributed by atoms with E-state index in [1.165, 1.54) is 24.1 Å². The maximum atomic E-state index is 14.7. The summed E-state index contributed by atoms with van der Waals surface area (Å²) >= 11 is 0. The van der Waals surface area contributed by atoms with Crippen molar-refractivity contribution in [3.05, 3.63) is 59.8 Å². The molecule has 2 N–H and O–H groups in total. The van der Waals surface area contributed by atoms with Gasteiger partial charge in [0.1, 0.15) is 34.9 Å². The van der Waals surface area contributed by atoms with Crippen LogP contribution < -0.4 is 10.6 Å². The van der Waals surface area contributed by atoms with Crippen molar-refractivity contribution in [2.45, 2.75) is 20.4 Å². The van der Waals surface area contributed by atoms with Gasteiger partial charge in [0.2, 0.25) is 5.91 Å². The highest BCUT2D eigenvalue weighted by Gasteiger charge is 2.18. The van der Waals surface area contributed by atoms with Gasteiger partial charge >= 0.3 is 0 Å². The summed E-state index contributed by atoms with van der Waals surface area (Å²) in [5.41, 5.74) is 3.20. The number of hydrogen-bond acceptors (Lipinski definition) is 6. The van der Waals surface area contributed by atoms with E-state index >= 15 is 0 Å². The van der Waals surface area contributed by atoms with Crippen LogP contribution in [0.25, 0.3) is 22.2 Å². The number of rotatable bonds is 5. The minimum Gasteiger partial charge on any atom is -0.358 e. The Morgan fingerprint density at radius 2 is 1.77 bits per heavy atom. The highest BCUT2D eigenvalue weighted by molar-refractivity contribution is 5.91.